The Kier molecular flexibility index (Phi) is 5.98. The average molecular weight is 632 g/mol. The van der Waals surface area contributed by atoms with Crippen molar-refractivity contribution in [3.63, 3.8) is 0 Å². The second-order valence-corrected chi connectivity index (χ2v) is 13.0. The number of fused-ring (bicyclic) bond motifs is 8. The molecule has 0 unspecified atom stereocenters. The van der Waals surface area contributed by atoms with E-state index in [9.17, 15) is 0 Å². The minimum atomic E-state index is 0.635. The third kappa shape index (κ3) is 4.31. The Morgan fingerprint density at radius 2 is 1.06 bits per heavy atom. The smallest absolute Gasteiger partial charge is 0.164 e. The lowest BCUT2D eigenvalue weighted by Gasteiger charge is -2.11. The van der Waals surface area contributed by atoms with Crippen molar-refractivity contribution in [2.24, 2.45) is 0 Å². The lowest BCUT2D eigenvalue weighted by Crippen LogP contribution is -2.00. The SMILES string of the molecule is c1ccc(-c2nc(-c3ccc(-c4cc5c6ccccc6sc5c5nc6ccccc6n45)cc3)nc(-c3ccc4ccccc4c3)n2)cc1. The first-order chi connectivity index (χ1) is 23.8. The molecule has 0 atom stereocenters. The van der Waals surface area contributed by atoms with Gasteiger partial charge in [-0.25, -0.2) is 19.9 Å². The first kappa shape index (κ1) is 26.9. The Labute approximate surface area is 279 Å². The van der Waals surface area contributed by atoms with Crippen LogP contribution in [0.5, 0.6) is 0 Å². The van der Waals surface area contributed by atoms with E-state index in [1.807, 2.05) is 30.3 Å². The molecule has 0 aliphatic rings. The fourth-order valence-electron chi connectivity index (χ4n) is 6.68. The lowest BCUT2D eigenvalue weighted by atomic mass is 10.0. The van der Waals surface area contributed by atoms with Crippen LogP contribution in [0.25, 0.3) is 93.0 Å². The second kappa shape index (κ2) is 10.7. The van der Waals surface area contributed by atoms with Gasteiger partial charge in [0, 0.05) is 32.2 Å². The van der Waals surface area contributed by atoms with Crippen molar-refractivity contribution < 1.29 is 0 Å². The zero-order valence-electron chi connectivity index (χ0n) is 25.6. The van der Waals surface area contributed by atoms with E-state index in [1.54, 1.807) is 11.3 Å². The summed E-state index contributed by atoms with van der Waals surface area (Å²) in [5, 5.41) is 4.81. The fraction of sp³-hybridized carbons (Fsp3) is 0. The predicted octanol–water partition coefficient (Wildman–Crippen LogP) is 10.9. The molecule has 0 bridgehead atoms. The van der Waals surface area contributed by atoms with Crippen LogP contribution in [-0.2, 0) is 0 Å². The summed E-state index contributed by atoms with van der Waals surface area (Å²) in [6, 6.07) is 52.7. The first-order valence-electron chi connectivity index (χ1n) is 15.9. The van der Waals surface area contributed by atoms with E-state index in [-0.39, 0.29) is 0 Å². The molecule has 0 N–H and O–H groups in total. The minimum Gasteiger partial charge on any atom is -0.291 e. The summed E-state index contributed by atoms with van der Waals surface area (Å²) in [5.74, 6) is 1.93. The van der Waals surface area contributed by atoms with E-state index in [0.29, 0.717) is 17.5 Å². The number of aromatic nitrogens is 5. The van der Waals surface area contributed by atoms with Gasteiger partial charge in [-0.05, 0) is 46.7 Å². The maximum Gasteiger partial charge on any atom is 0.164 e. The highest BCUT2D eigenvalue weighted by atomic mass is 32.1. The molecule has 0 radical (unpaired) electrons. The number of rotatable bonds is 4. The van der Waals surface area contributed by atoms with Crippen LogP contribution in [-0.4, -0.2) is 24.3 Å². The molecule has 0 aliphatic heterocycles. The topological polar surface area (TPSA) is 56.0 Å². The Morgan fingerprint density at radius 3 is 1.90 bits per heavy atom. The third-order valence-corrected chi connectivity index (χ3v) is 10.2. The zero-order valence-corrected chi connectivity index (χ0v) is 26.4. The number of hydrogen-bond donors (Lipinski definition) is 0. The van der Waals surface area contributed by atoms with Gasteiger partial charge >= 0.3 is 0 Å². The summed E-state index contributed by atoms with van der Waals surface area (Å²) in [6.07, 6.45) is 0. The monoisotopic (exact) mass is 631 g/mol. The molecule has 0 aliphatic carbocycles. The van der Waals surface area contributed by atoms with Crippen LogP contribution >= 0.6 is 11.3 Å². The number of benzene rings is 6. The number of imidazole rings is 1. The molecule has 6 heteroatoms. The molecule has 10 aromatic rings. The van der Waals surface area contributed by atoms with Crippen LogP contribution < -0.4 is 0 Å². The normalized spacial score (nSPS) is 11.8. The molecular weight excluding hydrogens is 607 g/mol. The van der Waals surface area contributed by atoms with Gasteiger partial charge < -0.3 is 0 Å². The van der Waals surface area contributed by atoms with Crippen LogP contribution in [0.1, 0.15) is 0 Å². The molecular formula is C42H25N5S. The Balaban J connectivity index is 1.15. The molecule has 48 heavy (non-hydrogen) atoms. The molecule has 0 saturated carbocycles. The highest BCUT2D eigenvalue weighted by molar-refractivity contribution is 7.26. The van der Waals surface area contributed by atoms with Crippen LogP contribution in [0.15, 0.2) is 152 Å². The first-order valence-corrected chi connectivity index (χ1v) is 16.7. The van der Waals surface area contributed by atoms with Crippen LogP contribution in [0.3, 0.4) is 0 Å². The summed E-state index contributed by atoms with van der Waals surface area (Å²) >= 11 is 1.80. The number of thiophene rings is 1. The van der Waals surface area contributed by atoms with Crippen molar-refractivity contribution in [1.29, 1.82) is 0 Å². The van der Waals surface area contributed by atoms with Crippen molar-refractivity contribution in [3.05, 3.63) is 152 Å². The quantitative estimate of drug-likeness (QED) is 0.194. The largest absolute Gasteiger partial charge is 0.291 e. The molecule has 224 valence electrons. The van der Waals surface area contributed by atoms with E-state index in [4.69, 9.17) is 19.9 Å². The molecule has 0 amide bonds. The molecule has 4 heterocycles. The van der Waals surface area contributed by atoms with Gasteiger partial charge in [0.15, 0.2) is 23.1 Å². The molecule has 10 rings (SSSR count). The van der Waals surface area contributed by atoms with Gasteiger partial charge in [-0.1, -0.05) is 121 Å². The van der Waals surface area contributed by atoms with Crippen molar-refractivity contribution in [1.82, 2.24) is 24.3 Å². The Hall–Kier alpha value is -6.24. The van der Waals surface area contributed by atoms with E-state index >= 15 is 0 Å². The number of nitrogens with zero attached hydrogens (tertiary/aromatic N) is 5. The van der Waals surface area contributed by atoms with E-state index in [1.165, 1.54) is 25.6 Å². The standard InChI is InChI=1S/C42H25N5S/c1-2-11-28(12-3-1)39-44-40(46-41(45-39)31-23-18-26-10-4-5-13-30(26)24-31)29-21-19-27(20-22-29)36-25-33-32-14-6-9-17-37(32)48-38(33)42-43-34-15-7-8-16-35(34)47(36)42/h1-25H. The highest BCUT2D eigenvalue weighted by Crippen LogP contribution is 2.40. The van der Waals surface area contributed by atoms with Crippen LogP contribution in [0.4, 0.5) is 0 Å². The minimum absolute atomic E-state index is 0.635. The van der Waals surface area contributed by atoms with Gasteiger partial charge in [-0.2, -0.15) is 0 Å². The third-order valence-electron chi connectivity index (χ3n) is 9.03. The van der Waals surface area contributed by atoms with Crippen molar-refractivity contribution >= 4 is 59.0 Å². The van der Waals surface area contributed by atoms with E-state index < -0.39 is 0 Å². The maximum absolute atomic E-state index is 5.13. The van der Waals surface area contributed by atoms with Gasteiger partial charge in [0.1, 0.15) is 0 Å². The lowest BCUT2D eigenvalue weighted by molar-refractivity contribution is 1.07. The molecule has 5 nitrogen and oxygen atoms in total. The summed E-state index contributed by atoms with van der Waals surface area (Å²) in [4.78, 5) is 20.1. The van der Waals surface area contributed by atoms with Gasteiger partial charge in [-0.3, -0.25) is 4.40 Å². The fourth-order valence-corrected chi connectivity index (χ4v) is 7.84. The van der Waals surface area contributed by atoms with Gasteiger partial charge in [0.2, 0.25) is 0 Å². The number of pyridine rings is 1. The average Bonchev–Trinajstić information content (AvgIpc) is 3.74. The van der Waals surface area contributed by atoms with Crippen molar-refractivity contribution in [2.75, 3.05) is 0 Å². The molecule has 4 aromatic heterocycles. The van der Waals surface area contributed by atoms with Gasteiger partial charge in [-0.15, -0.1) is 11.3 Å². The predicted molar refractivity (Wildman–Crippen MR) is 198 cm³/mol. The van der Waals surface area contributed by atoms with Gasteiger partial charge in [0.25, 0.3) is 0 Å². The number of hydrogen-bond acceptors (Lipinski definition) is 5. The summed E-state index contributed by atoms with van der Waals surface area (Å²) < 4.78 is 4.77. The van der Waals surface area contributed by atoms with Crippen LogP contribution in [0.2, 0.25) is 0 Å². The maximum atomic E-state index is 5.13. The summed E-state index contributed by atoms with van der Waals surface area (Å²) in [6.45, 7) is 0. The second-order valence-electron chi connectivity index (χ2n) is 11.9. The molecule has 0 fully saturated rings. The van der Waals surface area contributed by atoms with E-state index in [2.05, 4.69) is 126 Å². The van der Waals surface area contributed by atoms with Gasteiger partial charge in [0.05, 0.1) is 21.4 Å². The molecule has 6 aromatic carbocycles. The molecule has 0 saturated heterocycles. The van der Waals surface area contributed by atoms with E-state index in [0.717, 1.165) is 50.0 Å². The van der Waals surface area contributed by atoms with Crippen molar-refractivity contribution in [3.8, 4) is 45.4 Å². The highest BCUT2D eigenvalue weighted by Gasteiger charge is 2.18. The Morgan fingerprint density at radius 1 is 0.438 bits per heavy atom. The van der Waals surface area contributed by atoms with Crippen molar-refractivity contribution in [2.45, 2.75) is 0 Å². The summed E-state index contributed by atoms with van der Waals surface area (Å²) in [5.41, 5.74) is 8.08. The summed E-state index contributed by atoms with van der Waals surface area (Å²) in [7, 11) is 0. The molecule has 0 spiro atoms. The zero-order chi connectivity index (χ0) is 31.6. The Bertz CT molecular complexity index is 2830. The van der Waals surface area contributed by atoms with Crippen LogP contribution in [0, 0.1) is 0 Å². The number of para-hydroxylation sites is 2.